The van der Waals surface area contributed by atoms with E-state index in [4.69, 9.17) is 10.9 Å². The van der Waals surface area contributed by atoms with Crippen molar-refractivity contribution in [3.8, 4) is 0 Å². The molecule has 0 heterocycles. The number of amidine groups is 1. The Hall–Kier alpha value is -1.85. The zero-order valence-corrected chi connectivity index (χ0v) is 11.1. The van der Waals surface area contributed by atoms with Gasteiger partial charge in [0.1, 0.15) is 17.5 Å². The van der Waals surface area contributed by atoms with Gasteiger partial charge < -0.3 is 16.3 Å². The molecule has 0 aromatic heterocycles. The largest absolute Gasteiger partial charge is 0.409 e. The van der Waals surface area contributed by atoms with Gasteiger partial charge in [0.25, 0.3) is 0 Å². The third-order valence-corrected chi connectivity index (χ3v) is 3.03. The molecule has 0 aliphatic rings. The topological polar surface area (TPSA) is 70.6 Å². The second kappa shape index (κ2) is 6.36. The Labute approximate surface area is 111 Å². The quantitative estimate of drug-likeness (QED) is 0.245. The predicted octanol–water partition coefficient (Wildman–Crippen LogP) is 2.93. The summed E-state index contributed by atoms with van der Waals surface area (Å²) in [5.74, 6) is -1.05. The fourth-order valence-corrected chi connectivity index (χ4v) is 1.65. The standard InChI is InChI=1S/C13H19F2N3O/c1-13(2,12(16)18-19)6-3-7-17-11-5-4-9(14)8-10(11)15/h4-5,8,17,19H,3,6-7H2,1-2H3,(H2,16,18). The maximum Gasteiger partial charge on any atom is 0.149 e. The summed E-state index contributed by atoms with van der Waals surface area (Å²) in [4.78, 5) is 0. The molecule has 1 aromatic carbocycles. The zero-order chi connectivity index (χ0) is 14.5. The fraction of sp³-hybridized carbons (Fsp3) is 0.462. The summed E-state index contributed by atoms with van der Waals surface area (Å²) >= 11 is 0. The zero-order valence-electron chi connectivity index (χ0n) is 11.1. The van der Waals surface area contributed by atoms with E-state index in [1.807, 2.05) is 13.8 Å². The molecule has 1 aromatic rings. The molecule has 0 unspecified atom stereocenters. The van der Waals surface area contributed by atoms with Crippen molar-refractivity contribution in [3.05, 3.63) is 29.8 Å². The monoisotopic (exact) mass is 271 g/mol. The molecule has 0 aliphatic heterocycles. The number of nitrogens with two attached hydrogens (primary N) is 1. The molecule has 0 amide bonds. The lowest BCUT2D eigenvalue weighted by Crippen LogP contribution is -2.32. The third-order valence-electron chi connectivity index (χ3n) is 3.03. The van der Waals surface area contributed by atoms with Crippen LogP contribution in [-0.4, -0.2) is 17.6 Å². The average molecular weight is 271 g/mol. The van der Waals surface area contributed by atoms with Crippen molar-refractivity contribution < 1.29 is 14.0 Å². The van der Waals surface area contributed by atoms with E-state index in [1.54, 1.807) is 0 Å². The number of rotatable bonds is 6. The van der Waals surface area contributed by atoms with Crippen LogP contribution in [0.1, 0.15) is 26.7 Å². The molecule has 0 fully saturated rings. The van der Waals surface area contributed by atoms with Crippen LogP contribution in [0.4, 0.5) is 14.5 Å². The SMILES string of the molecule is CC(C)(CCCNc1ccc(F)cc1F)C(N)=NO. The molecule has 0 bridgehead atoms. The van der Waals surface area contributed by atoms with Crippen molar-refractivity contribution in [3.63, 3.8) is 0 Å². The molecule has 0 radical (unpaired) electrons. The Morgan fingerprint density at radius 3 is 2.68 bits per heavy atom. The third kappa shape index (κ3) is 4.39. The lowest BCUT2D eigenvalue weighted by molar-refractivity contribution is 0.305. The molecule has 0 aliphatic carbocycles. The van der Waals surface area contributed by atoms with Crippen molar-refractivity contribution in [1.29, 1.82) is 0 Å². The van der Waals surface area contributed by atoms with Crippen LogP contribution in [0, 0.1) is 17.0 Å². The summed E-state index contributed by atoms with van der Waals surface area (Å²) in [7, 11) is 0. The molecular formula is C13H19F2N3O. The summed E-state index contributed by atoms with van der Waals surface area (Å²) < 4.78 is 26.0. The summed E-state index contributed by atoms with van der Waals surface area (Å²) in [5, 5.41) is 14.5. The van der Waals surface area contributed by atoms with Crippen LogP contribution < -0.4 is 11.1 Å². The van der Waals surface area contributed by atoms with Crippen molar-refractivity contribution in [2.24, 2.45) is 16.3 Å². The highest BCUT2D eigenvalue weighted by atomic mass is 19.1. The Morgan fingerprint density at radius 2 is 2.11 bits per heavy atom. The molecule has 0 spiro atoms. The second-order valence-corrected chi connectivity index (χ2v) is 5.02. The first-order valence-corrected chi connectivity index (χ1v) is 6.04. The second-order valence-electron chi connectivity index (χ2n) is 5.02. The fourth-order valence-electron chi connectivity index (χ4n) is 1.65. The molecule has 19 heavy (non-hydrogen) atoms. The van der Waals surface area contributed by atoms with Gasteiger partial charge in [-0.2, -0.15) is 0 Å². The van der Waals surface area contributed by atoms with Crippen LogP contribution in [0.15, 0.2) is 23.4 Å². The Bertz CT molecular complexity index is 461. The molecule has 6 heteroatoms. The molecule has 1 rings (SSSR count). The highest BCUT2D eigenvalue weighted by molar-refractivity contribution is 5.85. The van der Waals surface area contributed by atoms with Gasteiger partial charge >= 0.3 is 0 Å². The number of halogens is 2. The van der Waals surface area contributed by atoms with Gasteiger partial charge in [-0.15, -0.1) is 0 Å². The lowest BCUT2D eigenvalue weighted by atomic mass is 9.86. The van der Waals surface area contributed by atoms with Gasteiger partial charge in [0, 0.05) is 18.0 Å². The number of hydrogen-bond acceptors (Lipinski definition) is 3. The van der Waals surface area contributed by atoms with Crippen molar-refractivity contribution in [1.82, 2.24) is 0 Å². The molecule has 0 saturated heterocycles. The number of benzene rings is 1. The lowest BCUT2D eigenvalue weighted by Gasteiger charge is -2.22. The number of nitrogens with one attached hydrogen (secondary N) is 1. The van der Waals surface area contributed by atoms with E-state index in [0.29, 0.717) is 19.4 Å². The average Bonchev–Trinajstić information content (AvgIpc) is 2.35. The van der Waals surface area contributed by atoms with E-state index in [9.17, 15) is 8.78 Å². The Balaban J connectivity index is 2.43. The summed E-state index contributed by atoms with van der Waals surface area (Å²) in [5.41, 5.74) is 5.41. The van der Waals surface area contributed by atoms with E-state index in [2.05, 4.69) is 10.5 Å². The number of anilines is 1. The minimum Gasteiger partial charge on any atom is -0.409 e. The first-order chi connectivity index (χ1) is 8.86. The van der Waals surface area contributed by atoms with Gasteiger partial charge in [0.05, 0.1) is 5.69 Å². The van der Waals surface area contributed by atoms with Crippen LogP contribution in [0.5, 0.6) is 0 Å². The van der Waals surface area contributed by atoms with Crippen molar-refractivity contribution in [2.45, 2.75) is 26.7 Å². The van der Waals surface area contributed by atoms with Gasteiger partial charge in [-0.1, -0.05) is 19.0 Å². The van der Waals surface area contributed by atoms with E-state index < -0.39 is 17.0 Å². The summed E-state index contributed by atoms with van der Waals surface area (Å²) in [6.07, 6.45) is 1.39. The summed E-state index contributed by atoms with van der Waals surface area (Å²) in [6, 6.07) is 3.40. The van der Waals surface area contributed by atoms with E-state index in [1.165, 1.54) is 12.1 Å². The van der Waals surface area contributed by atoms with Crippen LogP contribution in [0.3, 0.4) is 0 Å². The maximum absolute atomic E-state index is 13.3. The van der Waals surface area contributed by atoms with Crippen LogP contribution in [0.25, 0.3) is 0 Å². The molecule has 106 valence electrons. The molecule has 0 atom stereocenters. The minimum atomic E-state index is -0.615. The smallest absolute Gasteiger partial charge is 0.149 e. The van der Waals surface area contributed by atoms with Crippen LogP contribution >= 0.6 is 0 Å². The van der Waals surface area contributed by atoms with Gasteiger partial charge in [-0.05, 0) is 25.0 Å². The first kappa shape index (κ1) is 15.2. The first-order valence-electron chi connectivity index (χ1n) is 6.04. The van der Waals surface area contributed by atoms with E-state index in [0.717, 1.165) is 6.07 Å². The number of hydrogen-bond donors (Lipinski definition) is 3. The predicted molar refractivity (Wildman–Crippen MR) is 71.3 cm³/mol. The van der Waals surface area contributed by atoms with E-state index >= 15 is 0 Å². The Kier molecular flexibility index (Phi) is 5.09. The maximum atomic E-state index is 13.3. The van der Waals surface area contributed by atoms with Crippen LogP contribution in [-0.2, 0) is 0 Å². The highest BCUT2D eigenvalue weighted by Gasteiger charge is 2.22. The molecule has 4 N–H and O–H groups in total. The number of oxime groups is 1. The van der Waals surface area contributed by atoms with Gasteiger partial charge in [0.15, 0.2) is 0 Å². The molecule has 0 saturated carbocycles. The van der Waals surface area contributed by atoms with Gasteiger partial charge in [-0.25, -0.2) is 8.78 Å². The minimum absolute atomic E-state index is 0.167. The molecular weight excluding hydrogens is 252 g/mol. The normalized spacial score (nSPS) is 12.5. The number of nitrogens with zero attached hydrogens (tertiary/aromatic N) is 1. The Morgan fingerprint density at radius 1 is 1.42 bits per heavy atom. The van der Waals surface area contributed by atoms with Crippen LogP contribution in [0.2, 0.25) is 0 Å². The molecule has 4 nitrogen and oxygen atoms in total. The van der Waals surface area contributed by atoms with Crippen molar-refractivity contribution in [2.75, 3.05) is 11.9 Å². The van der Waals surface area contributed by atoms with E-state index in [-0.39, 0.29) is 11.5 Å². The van der Waals surface area contributed by atoms with Gasteiger partial charge in [0.2, 0.25) is 0 Å². The highest BCUT2D eigenvalue weighted by Crippen LogP contribution is 2.22. The van der Waals surface area contributed by atoms with Crippen molar-refractivity contribution >= 4 is 11.5 Å². The van der Waals surface area contributed by atoms with Gasteiger partial charge in [-0.3, -0.25) is 0 Å². The summed E-state index contributed by atoms with van der Waals surface area (Å²) in [6.45, 7) is 4.24.